The molecule has 2 aromatic heterocycles. The van der Waals surface area contributed by atoms with Gasteiger partial charge in [0.2, 0.25) is 0 Å². The maximum Gasteiger partial charge on any atom is 0.257 e. The Balaban J connectivity index is 1.74. The average molecular weight is 428 g/mol. The zero-order valence-electron chi connectivity index (χ0n) is 17.5. The summed E-state index contributed by atoms with van der Waals surface area (Å²) in [5.41, 5.74) is 2.31. The van der Waals surface area contributed by atoms with Crippen molar-refractivity contribution in [3.63, 3.8) is 0 Å². The topological polar surface area (TPSA) is 70.1 Å². The van der Waals surface area contributed by atoms with E-state index in [0.29, 0.717) is 23.7 Å². The van der Waals surface area contributed by atoms with Crippen LogP contribution in [0.3, 0.4) is 0 Å². The number of hydrogen-bond donors (Lipinski definition) is 0. The Morgan fingerprint density at radius 2 is 2.00 bits per heavy atom. The van der Waals surface area contributed by atoms with Crippen LogP contribution in [0.25, 0.3) is 16.7 Å². The zero-order valence-corrected chi connectivity index (χ0v) is 17.5. The van der Waals surface area contributed by atoms with Gasteiger partial charge in [-0.2, -0.15) is 10.2 Å². The van der Waals surface area contributed by atoms with E-state index in [-0.39, 0.29) is 5.39 Å². The van der Waals surface area contributed by atoms with E-state index >= 15 is 4.39 Å². The molecule has 0 aliphatic carbocycles. The van der Waals surface area contributed by atoms with Crippen molar-refractivity contribution in [2.75, 3.05) is 11.4 Å². The number of fused-ring (bicyclic) bond motifs is 4. The first-order valence-electron chi connectivity index (χ1n) is 10.2. The molecule has 0 radical (unpaired) electrons. The van der Waals surface area contributed by atoms with Crippen LogP contribution in [0.2, 0.25) is 0 Å². The smallest absolute Gasteiger partial charge is 0.257 e. The van der Waals surface area contributed by atoms with Gasteiger partial charge < -0.3 is 4.90 Å². The molecule has 0 N–H and O–H groups in total. The average Bonchev–Trinajstić information content (AvgIpc) is 3.28. The number of aromatic nitrogens is 4. The van der Waals surface area contributed by atoms with Gasteiger partial charge in [0.15, 0.2) is 11.6 Å². The second kappa shape index (κ2) is 7.28. The van der Waals surface area contributed by atoms with E-state index in [4.69, 9.17) is 0 Å². The second-order valence-electron chi connectivity index (χ2n) is 8.24. The first-order valence-corrected chi connectivity index (χ1v) is 10.2. The van der Waals surface area contributed by atoms with Crippen LogP contribution in [0.5, 0.6) is 0 Å². The lowest BCUT2D eigenvalue weighted by atomic mass is 9.93. The van der Waals surface area contributed by atoms with E-state index in [1.807, 2.05) is 23.1 Å². The molecule has 0 atom stereocenters. The lowest BCUT2D eigenvalue weighted by Gasteiger charge is -2.32. The van der Waals surface area contributed by atoms with E-state index in [2.05, 4.69) is 33.1 Å². The van der Waals surface area contributed by atoms with E-state index < -0.39 is 17.0 Å². The van der Waals surface area contributed by atoms with Crippen molar-refractivity contribution in [3.05, 3.63) is 59.4 Å². The fraction of sp³-hybridized carbons (Fsp3) is 0.250. The van der Waals surface area contributed by atoms with Gasteiger partial charge in [-0.15, -0.1) is 10.2 Å². The molecule has 1 aliphatic rings. The molecule has 0 fully saturated rings. The van der Waals surface area contributed by atoms with Crippen LogP contribution >= 0.6 is 0 Å². The van der Waals surface area contributed by atoms with Crippen molar-refractivity contribution in [2.45, 2.75) is 26.7 Å². The summed E-state index contributed by atoms with van der Waals surface area (Å²) < 4.78 is 30.8. The van der Waals surface area contributed by atoms with Gasteiger partial charge in [-0.3, -0.25) is 4.40 Å². The van der Waals surface area contributed by atoms with Gasteiger partial charge in [0.1, 0.15) is 17.6 Å². The highest BCUT2D eigenvalue weighted by Crippen LogP contribution is 2.39. The predicted octanol–water partition coefficient (Wildman–Crippen LogP) is 4.54. The van der Waals surface area contributed by atoms with Gasteiger partial charge in [0.25, 0.3) is 5.78 Å². The Morgan fingerprint density at radius 3 is 2.81 bits per heavy atom. The summed E-state index contributed by atoms with van der Waals surface area (Å²) in [6.07, 6.45) is 3.00. The number of anilines is 2. The van der Waals surface area contributed by atoms with Gasteiger partial charge >= 0.3 is 0 Å². The molecular formula is C24H18F2N6. The number of nitriles is 1. The minimum absolute atomic E-state index is 0.0762. The normalized spacial score (nSPS) is 13.5. The molecule has 0 saturated carbocycles. The number of halogens is 2. The molecule has 0 spiro atoms. The van der Waals surface area contributed by atoms with E-state index in [1.165, 1.54) is 16.8 Å². The maximum absolute atomic E-state index is 15.0. The molecule has 1 aliphatic heterocycles. The van der Waals surface area contributed by atoms with Crippen molar-refractivity contribution >= 4 is 28.2 Å². The van der Waals surface area contributed by atoms with Crippen molar-refractivity contribution in [1.29, 1.82) is 5.26 Å². The fourth-order valence-corrected chi connectivity index (χ4v) is 3.99. The highest BCUT2D eigenvalue weighted by atomic mass is 19.2. The van der Waals surface area contributed by atoms with Crippen molar-refractivity contribution in [1.82, 2.24) is 19.6 Å². The van der Waals surface area contributed by atoms with E-state index in [1.54, 1.807) is 13.8 Å². The Kier molecular flexibility index (Phi) is 4.53. The Bertz CT molecular complexity index is 1490. The number of rotatable bonds is 1. The Hall–Kier alpha value is -4.04. The van der Waals surface area contributed by atoms with Crippen molar-refractivity contribution in [2.24, 2.45) is 5.41 Å². The quantitative estimate of drug-likeness (QED) is 0.416. The second-order valence-corrected chi connectivity index (χ2v) is 8.24. The van der Waals surface area contributed by atoms with E-state index in [0.717, 1.165) is 35.7 Å². The third-order valence-electron chi connectivity index (χ3n) is 5.59. The molecule has 158 valence electrons. The van der Waals surface area contributed by atoms with Gasteiger partial charge in [0, 0.05) is 17.8 Å². The third-order valence-corrected chi connectivity index (χ3v) is 5.59. The van der Waals surface area contributed by atoms with Gasteiger partial charge in [-0.1, -0.05) is 17.9 Å². The summed E-state index contributed by atoms with van der Waals surface area (Å²) in [6.45, 7) is 4.11. The van der Waals surface area contributed by atoms with E-state index in [9.17, 15) is 9.65 Å². The summed E-state index contributed by atoms with van der Waals surface area (Å²) in [5, 5.41) is 17.2. The van der Waals surface area contributed by atoms with Crippen LogP contribution in [0.15, 0.2) is 36.7 Å². The standard InChI is InChI=1S/C24H18F2N6/c1-24(2,13-27)11-10-15-5-3-7-18-16(15)6-4-12-31(18)22-20-19(9-8-17(25)21(20)26)32-14-28-30-23(32)29-22/h3,5,7-9,14H,4,6,12H2,1-2H3. The molecule has 2 aromatic carbocycles. The first-order chi connectivity index (χ1) is 15.4. The minimum atomic E-state index is -0.959. The van der Waals surface area contributed by atoms with Crippen LogP contribution < -0.4 is 4.90 Å². The van der Waals surface area contributed by atoms with Crippen molar-refractivity contribution < 1.29 is 8.78 Å². The maximum atomic E-state index is 15.0. The van der Waals surface area contributed by atoms with Crippen LogP contribution in [-0.2, 0) is 6.42 Å². The third kappa shape index (κ3) is 3.12. The molecule has 3 heterocycles. The predicted molar refractivity (Wildman–Crippen MR) is 116 cm³/mol. The summed E-state index contributed by atoms with van der Waals surface area (Å²) in [5.74, 6) is 4.85. The van der Waals surface area contributed by atoms with Crippen LogP contribution in [0.4, 0.5) is 20.3 Å². The SMILES string of the molecule is CC(C)(C#N)C#Cc1cccc2c1CCCN2c1nc2nncn2c2ccc(F)c(F)c12. The number of hydrogen-bond acceptors (Lipinski definition) is 5. The minimum Gasteiger partial charge on any atom is -0.325 e. The van der Waals surface area contributed by atoms with Gasteiger partial charge in [0.05, 0.1) is 17.0 Å². The Morgan fingerprint density at radius 1 is 1.16 bits per heavy atom. The zero-order chi connectivity index (χ0) is 22.5. The summed E-state index contributed by atoms with van der Waals surface area (Å²) in [6, 6.07) is 10.5. The largest absolute Gasteiger partial charge is 0.325 e. The van der Waals surface area contributed by atoms with Crippen molar-refractivity contribution in [3.8, 4) is 17.9 Å². The molecule has 0 saturated heterocycles. The lowest BCUT2D eigenvalue weighted by molar-refractivity contribution is 0.516. The Labute approximate surface area is 183 Å². The molecule has 8 heteroatoms. The van der Waals surface area contributed by atoms with Gasteiger partial charge in [-0.05, 0) is 56.5 Å². The molecule has 32 heavy (non-hydrogen) atoms. The molecule has 6 nitrogen and oxygen atoms in total. The monoisotopic (exact) mass is 428 g/mol. The van der Waals surface area contributed by atoms with Crippen LogP contribution in [0.1, 0.15) is 31.4 Å². The highest BCUT2D eigenvalue weighted by Gasteiger charge is 2.26. The summed E-state index contributed by atoms with van der Waals surface area (Å²) in [4.78, 5) is 6.43. The molecule has 0 amide bonds. The lowest BCUT2D eigenvalue weighted by Crippen LogP contribution is -2.26. The number of benzene rings is 2. The molecule has 4 aromatic rings. The molecule has 0 unspecified atom stereocenters. The van der Waals surface area contributed by atoms with Crippen LogP contribution in [0, 0.1) is 40.2 Å². The molecular weight excluding hydrogens is 410 g/mol. The summed E-state index contributed by atoms with van der Waals surface area (Å²) >= 11 is 0. The molecule has 0 bridgehead atoms. The molecule has 5 rings (SSSR count). The highest BCUT2D eigenvalue weighted by molar-refractivity contribution is 5.94. The number of nitrogens with zero attached hydrogens (tertiary/aromatic N) is 6. The van der Waals surface area contributed by atoms with Gasteiger partial charge in [-0.25, -0.2) is 8.78 Å². The fourth-order valence-electron chi connectivity index (χ4n) is 3.99. The first kappa shape index (κ1) is 19.9. The summed E-state index contributed by atoms with van der Waals surface area (Å²) in [7, 11) is 0. The van der Waals surface area contributed by atoms with Crippen LogP contribution in [-0.4, -0.2) is 26.1 Å².